The molecule has 12 nitrogen and oxygen atoms in total. The van der Waals surface area contributed by atoms with Gasteiger partial charge in [-0.1, -0.05) is 0 Å². The lowest BCUT2D eigenvalue weighted by Gasteiger charge is -2.29. The molecule has 0 radical (unpaired) electrons. The van der Waals surface area contributed by atoms with Crippen molar-refractivity contribution in [1.29, 1.82) is 0 Å². The monoisotopic (exact) mass is 393 g/mol. The lowest BCUT2D eigenvalue weighted by molar-refractivity contribution is -0.139. The number of hydrogen-bond donors (Lipinski definition) is 4. The van der Waals surface area contributed by atoms with Crippen LogP contribution >= 0.6 is 0 Å². The summed E-state index contributed by atoms with van der Waals surface area (Å²) in [6, 6.07) is -2.01. The van der Waals surface area contributed by atoms with Crippen molar-refractivity contribution in [2.24, 2.45) is 11.7 Å². The Hall–Kier alpha value is -1.51. The van der Waals surface area contributed by atoms with E-state index in [1.54, 1.807) is 0 Å². The minimum Gasteiger partial charge on any atom is -0.330 e. The number of carbonyl (C=O) groups excluding carboxylic acids is 2. The van der Waals surface area contributed by atoms with Crippen LogP contribution < -0.4 is 16.5 Å². The van der Waals surface area contributed by atoms with E-state index in [9.17, 15) is 18.0 Å². The van der Waals surface area contributed by atoms with Crippen LogP contribution in [0.5, 0.6) is 0 Å². The predicted octanol–water partition coefficient (Wildman–Crippen LogP) is -2.03. The first-order valence-electron chi connectivity index (χ1n) is 8.40. The molecule has 26 heavy (non-hydrogen) atoms. The zero-order chi connectivity index (χ0) is 18.9. The highest BCUT2D eigenvalue weighted by Crippen LogP contribution is 2.30. The fraction of sp³-hybridized carbons (Fsp3) is 0.846. The van der Waals surface area contributed by atoms with E-state index >= 15 is 0 Å². The first-order valence-corrected chi connectivity index (χ1v) is 9.77. The van der Waals surface area contributed by atoms with Gasteiger partial charge in [0.05, 0.1) is 12.6 Å². The van der Waals surface area contributed by atoms with Gasteiger partial charge in [0.15, 0.2) is 0 Å². The smallest absolute Gasteiger partial charge is 0.330 e. The molecule has 3 rings (SSSR count). The van der Waals surface area contributed by atoms with E-state index in [0.717, 1.165) is 13.0 Å². The Morgan fingerprint density at radius 1 is 1.42 bits per heavy atom. The van der Waals surface area contributed by atoms with Crippen LogP contribution in [0.15, 0.2) is 0 Å². The molecule has 3 aliphatic rings. The average molecular weight is 393 g/mol. The SMILES string of the molecule is NC[C@H]1CN[C@H](CONC(=O)C2CCC3CN2C(=O)N3OS(=O)(=O)O)C1. The molecule has 0 spiro atoms. The largest absolute Gasteiger partial charge is 0.418 e. The van der Waals surface area contributed by atoms with Crippen LogP contribution in [0.1, 0.15) is 19.3 Å². The molecule has 13 heteroatoms. The molecule has 2 bridgehead atoms. The summed E-state index contributed by atoms with van der Waals surface area (Å²) in [6.07, 6.45) is 1.55. The van der Waals surface area contributed by atoms with Crippen molar-refractivity contribution in [1.82, 2.24) is 20.8 Å². The van der Waals surface area contributed by atoms with Crippen molar-refractivity contribution in [3.63, 3.8) is 0 Å². The molecule has 0 aromatic heterocycles. The van der Waals surface area contributed by atoms with E-state index in [1.807, 2.05) is 0 Å². The molecule has 0 saturated carbocycles. The molecule has 4 atom stereocenters. The van der Waals surface area contributed by atoms with Crippen molar-refractivity contribution in [3.05, 3.63) is 0 Å². The summed E-state index contributed by atoms with van der Waals surface area (Å²) in [5.74, 6) is -0.0931. The van der Waals surface area contributed by atoms with Gasteiger partial charge < -0.3 is 16.0 Å². The summed E-state index contributed by atoms with van der Waals surface area (Å²) in [7, 11) is -4.81. The normalized spacial score (nSPS) is 31.5. The van der Waals surface area contributed by atoms with Crippen molar-refractivity contribution in [3.8, 4) is 0 Å². The van der Waals surface area contributed by atoms with Gasteiger partial charge in [-0.25, -0.2) is 10.3 Å². The van der Waals surface area contributed by atoms with Crippen LogP contribution in [-0.2, 0) is 24.3 Å². The van der Waals surface area contributed by atoms with Crippen LogP contribution in [0.4, 0.5) is 4.79 Å². The van der Waals surface area contributed by atoms with Crippen molar-refractivity contribution in [2.75, 3.05) is 26.2 Å². The molecule has 3 heterocycles. The number of piperidine rings is 1. The molecule has 3 aliphatic heterocycles. The highest BCUT2D eigenvalue weighted by Gasteiger charge is 2.49. The molecule has 148 valence electrons. The maximum absolute atomic E-state index is 12.3. The summed E-state index contributed by atoms with van der Waals surface area (Å²) < 4.78 is 34.8. The number of nitrogens with two attached hydrogens (primary N) is 1. The lowest BCUT2D eigenvalue weighted by Crippen LogP contribution is -2.50. The molecule has 5 N–H and O–H groups in total. The van der Waals surface area contributed by atoms with E-state index in [0.29, 0.717) is 30.4 Å². The molecular formula is C13H23N5O7S. The Morgan fingerprint density at radius 3 is 2.85 bits per heavy atom. The van der Waals surface area contributed by atoms with Crippen molar-refractivity contribution < 1.29 is 31.7 Å². The standard InChI is InChI=1S/C13H23N5O7S/c14-4-8-3-9(15-5-8)7-24-16-12(19)11-2-1-10-6-17(11)13(20)18(10)25-26(21,22)23/h8-11,15H,1-7,14H2,(H,16,19)(H,21,22,23)/t8-,9-,10?,11?/m0/s1. The van der Waals surface area contributed by atoms with Gasteiger partial charge in [-0.3, -0.25) is 14.2 Å². The fourth-order valence-corrected chi connectivity index (χ4v) is 3.98. The predicted molar refractivity (Wildman–Crippen MR) is 86.4 cm³/mol. The van der Waals surface area contributed by atoms with Gasteiger partial charge in [0.2, 0.25) is 0 Å². The van der Waals surface area contributed by atoms with Crippen LogP contribution in [0.25, 0.3) is 0 Å². The highest BCUT2D eigenvalue weighted by atomic mass is 32.3. The zero-order valence-corrected chi connectivity index (χ0v) is 14.9. The number of nitrogens with one attached hydrogen (secondary N) is 2. The maximum Gasteiger partial charge on any atom is 0.418 e. The Kier molecular flexibility index (Phi) is 5.64. The van der Waals surface area contributed by atoms with Crippen LogP contribution in [0.3, 0.4) is 0 Å². The van der Waals surface area contributed by atoms with Gasteiger partial charge in [0.25, 0.3) is 5.91 Å². The highest BCUT2D eigenvalue weighted by molar-refractivity contribution is 7.80. The number of rotatable bonds is 7. The molecular weight excluding hydrogens is 370 g/mol. The number of carbonyl (C=O) groups is 2. The van der Waals surface area contributed by atoms with E-state index in [4.69, 9.17) is 15.1 Å². The second-order valence-electron chi connectivity index (χ2n) is 6.73. The van der Waals surface area contributed by atoms with Crippen LogP contribution in [0.2, 0.25) is 0 Å². The molecule has 2 unspecified atom stereocenters. The molecule has 3 fully saturated rings. The molecule has 0 aliphatic carbocycles. The van der Waals surface area contributed by atoms with Gasteiger partial charge in [-0.05, 0) is 38.3 Å². The quantitative estimate of drug-likeness (QED) is 0.282. The first kappa shape index (κ1) is 19.3. The number of urea groups is 1. The third-order valence-corrected chi connectivity index (χ3v) is 5.25. The van der Waals surface area contributed by atoms with E-state index in [2.05, 4.69) is 15.1 Å². The fourth-order valence-electron chi connectivity index (χ4n) is 3.59. The van der Waals surface area contributed by atoms with E-state index in [1.165, 1.54) is 4.90 Å². The van der Waals surface area contributed by atoms with Crippen LogP contribution in [0, 0.1) is 5.92 Å². The Bertz CT molecular complexity index is 659. The molecule has 0 aromatic rings. The lowest BCUT2D eigenvalue weighted by atomic mass is 10.0. The average Bonchev–Trinajstić information content (AvgIpc) is 3.13. The summed E-state index contributed by atoms with van der Waals surface area (Å²) in [5, 5.41) is 3.84. The molecule has 3 saturated heterocycles. The Labute approximate surface area is 150 Å². The topological polar surface area (TPSA) is 164 Å². The summed E-state index contributed by atoms with van der Waals surface area (Å²) >= 11 is 0. The minimum absolute atomic E-state index is 0.103. The molecule has 3 amide bonds. The summed E-state index contributed by atoms with van der Waals surface area (Å²) in [5.41, 5.74) is 7.96. The first-order chi connectivity index (χ1) is 12.3. The summed E-state index contributed by atoms with van der Waals surface area (Å²) in [6.45, 7) is 1.82. The number of amides is 3. The van der Waals surface area contributed by atoms with Gasteiger partial charge in [-0.2, -0.15) is 13.5 Å². The Morgan fingerprint density at radius 2 is 2.19 bits per heavy atom. The third kappa shape index (κ3) is 4.24. The van der Waals surface area contributed by atoms with Gasteiger partial charge in [0.1, 0.15) is 6.04 Å². The minimum atomic E-state index is -4.81. The number of nitrogens with zero attached hydrogens (tertiary/aromatic N) is 2. The number of fused-ring (bicyclic) bond motifs is 2. The van der Waals surface area contributed by atoms with Crippen LogP contribution in [-0.4, -0.2) is 79.2 Å². The van der Waals surface area contributed by atoms with E-state index in [-0.39, 0.29) is 19.2 Å². The maximum atomic E-state index is 12.3. The number of hydroxylamine groups is 3. The zero-order valence-electron chi connectivity index (χ0n) is 14.0. The number of hydrogen-bond acceptors (Lipinski definition) is 8. The second-order valence-corrected chi connectivity index (χ2v) is 7.73. The second kappa shape index (κ2) is 7.62. The van der Waals surface area contributed by atoms with Gasteiger partial charge in [0, 0.05) is 12.6 Å². The van der Waals surface area contributed by atoms with Gasteiger partial charge in [-0.15, -0.1) is 4.28 Å². The summed E-state index contributed by atoms with van der Waals surface area (Å²) in [4.78, 5) is 31.0. The van der Waals surface area contributed by atoms with E-state index < -0.39 is 34.4 Å². The van der Waals surface area contributed by atoms with Crippen molar-refractivity contribution >= 4 is 22.3 Å². The Balaban J connectivity index is 1.49. The van der Waals surface area contributed by atoms with Gasteiger partial charge >= 0.3 is 16.4 Å². The molecule has 0 aromatic carbocycles. The van der Waals surface area contributed by atoms with Crippen molar-refractivity contribution in [2.45, 2.75) is 37.4 Å². The third-order valence-electron chi connectivity index (χ3n) is 4.90.